The molecule has 0 radical (unpaired) electrons. The van der Waals surface area contributed by atoms with Gasteiger partial charge < -0.3 is 14.5 Å². The molecular formula is C16H14INO4. The van der Waals surface area contributed by atoms with Crippen molar-refractivity contribution in [2.75, 3.05) is 6.54 Å². The third kappa shape index (κ3) is 5.72. The molecule has 22 heavy (non-hydrogen) atoms. The van der Waals surface area contributed by atoms with E-state index in [2.05, 4.69) is 5.32 Å². The Hall–Kier alpha value is -2.09. The van der Waals surface area contributed by atoms with Crippen LogP contribution in [-0.2, 0) is 20.9 Å². The van der Waals surface area contributed by atoms with E-state index in [9.17, 15) is 9.59 Å². The fraction of sp³-hybridized carbons (Fsp3) is 0.125. The molecule has 0 bridgehead atoms. The van der Waals surface area contributed by atoms with E-state index < -0.39 is 5.97 Å². The number of esters is 1. The number of amides is 1. The molecule has 0 fully saturated rings. The maximum absolute atomic E-state index is 11.6. The third-order valence-corrected chi connectivity index (χ3v) is 3.22. The Kier molecular flexibility index (Phi) is 6.20. The molecule has 0 saturated carbocycles. The molecule has 0 aliphatic carbocycles. The average Bonchev–Trinajstić information content (AvgIpc) is 2.95. The molecule has 1 aromatic heterocycles. The van der Waals surface area contributed by atoms with Gasteiger partial charge in [0.25, 0.3) is 0 Å². The van der Waals surface area contributed by atoms with Crippen LogP contribution >= 0.6 is 22.6 Å². The molecule has 2 rings (SSSR count). The predicted octanol–water partition coefficient (Wildman–Crippen LogP) is 2.76. The van der Waals surface area contributed by atoms with E-state index in [1.54, 1.807) is 12.1 Å². The second-order valence-electron chi connectivity index (χ2n) is 4.34. The molecule has 1 heterocycles. The van der Waals surface area contributed by atoms with Gasteiger partial charge in [0.15, 0.2) is 3.77 Å². The van der Waals surface area contributed by atoms with Gasteiger partial charge in [-0.3, -0.25) is 9.59 Å². The summed E-state index contributed by atoms with van der Waals surface area (Å²) in [6, 6.07) is 12.9. The second-order valence-corrected chi connectivity index (χ2v) is 5.40. The minimum Gasteiger partial charge on any atom is -0.460 e. The Bertz CT molecular complexity index is 664. The van der Waals surface area contributed by atoms with E-state index in [4.69, 9.17) is 9.15 Å². The molecule has 0 saturated heterocycles. The van der Waals surface area contributed by atoms with Crippen LogP contribution in [0.15, 0.2) is 53.0 Å². The van der Waals surface area contributed by atoms with Gasteiger partial charge in [-0.15, -0.1) is 0 Å². The summed E-state index contributed by atoms with van der Waals surface area (Å²) in [6.45, 7) is 0.0158. The molecule has 1 amide bonds. The highest BCUT2D eigenvalue weighted by Crippen LogP contribution is 2.11. The van der Waals surface area contributed by atoms with E-state index in [0.717, 1.165) is 9.33 Å². The minimum atomic E-state index is -0.488. The van der Waals surface area contributed by atoms with Crippen LogP contribution in [-0.4, -0.2) is 18.4 Å². The van der Waals surface area contributed by atoms with Gasteiger partial charge in [-0.25, -0.2) is 0 Å². The van der Waals surface area contributed by atoms with Gasteiger partial charge in [0.1, 0.15) is 18.9 Å². The fourth-order valence-electron chi connectivity index (χ4n) is 1.58. The molecule has 1 N–H and O–H groups in total. The maximum atomic E-state index is 11.6. The molecule has 0 aliphatic rings. The van der Waals surface area contributed by atoms with Crippen LogP contribution < -0.4 is 5.32 Å². The van der Waals surface area contributed by atoms with E-state index in [1.165, 1.54) is 12.2 Å². The zero-order chi connectivity index (χ0) is 15.8. The van der Waals surface area contributed by atoms with E-state index >= 15 is 0 Å². The lowest BCUT2D eigenvalue weighted by Gasteiger charge is -2.05. The van der Waals surface area contributed by atoms with Gasteiger partial charge in [0, 0.05) is 6.08 Å². The summed E-state index contributed by atoms with van der Waals surface area (Å²) >= 11 is 2.03. The highest BCUT2D eigenvalue weighted by atomic mass is 127. The van der Waals surface area contributed by atoms with Crippen molar-refractivity contribution in [1.82, 2.24) is 5.32 Å². The van der Waals surface area contributed by atoms with E-state index in [-0.39, 0.29) is 19.1 Å². The second kappa shape index (κ2) is 8.38. The smallest absolute Gasteiger partial charge is 0.325 e. The van der Waals surface area contributed by atoms with Crippen LogP contribution in [0, 0.1) is 3.77 Å². The van der Waals surface area contributed by atoms with Crippen LogP contribution in [0.5, 0.6) is 0 Å². The number of carbonyl (C=O) groups is 2. The predicted molar refractivity (Wildman–Crippen MR) is 89.7 cm³/mol. The van der Waals surface area contributed by atoms with Crippen LogP contribution in [0.25, 0.3) is 6.08 Å². The molecular weight excluding hydrogens is 397 g/mol. The summed E-state index contributed by atoms with van der Waals surface area (Å²) in [4.78, 5) is 23.1. The van der Waals surface area contributed by atoms with Crippen molar-refractivity contribution in [2.24, 2.45) is 0 Å². The minimum absolute atomic E-state index is 0.175. The Morgan fingerprint density at radius 1 is 1.18 bits per heavy atom. The van der Waals surface area contributed by atoms with Crippen LogP contribution in [0.4, 0.5) is 0 Å². The average molecular weight is 411 g/mol. The lowest BCUT2D eigenvalue weighted by Crippen LogP contribution is -2.29. The zero-order valence-corrected chi connectivity index (χ0v) is 13.8. The van der Waals surface area contributed by atoms with Gasteiger partial charge >= 0.3 is 5.97 Å². The third-order valence-electron chi connectivity index (χ3n) is 2.64. The Morgan fingerprint density at radius 3 is 2.64 bits per heavy atom. The summed E-state index contributed by atoms with van der Waals surface area (Å²) in [5, 5.41) is 2.45. The summed E-state index contributed by atoms with van der Waals surface area (Å²) in [5.74, 6) is -0.299. The fourth-order valence-corrected chi connectivity index (χ4v) is 2.02. The van der Waals surface area contributed by atoms with Gasteiger partial charge in [-0.05, 0) is 46.4 Å². The van der Waals surface area contributed by atoms with Crippen LogP contribution in [0.3, 0.4) is 0 Å². The van der Waals surface area contributed by atoms with Crippen molar-refractivity contribution in [3.63, 3.8) is 0 Å². The van der Waals surface area contributed by atoms with E-state index in [0.29, 0.717) is 5.76 Å². The number of rotatable bonds is 6. The first-order valence-corrected chi connectivity index (χ1v) is 7.62. The van der Waals surface area contributed by atoms with Crippen LogP contribution in [0.1, 0.15) is 11.3 Å². The molecule has 0 unspecified atom stereocenters. The molecule has 0 spiro atoms. The summed E-state index contributed by atoms with van der Waals surface area (Å²) in [7, 11) is 0. The number of halogens is 1. The Balaban J connectivity index is 1.69. The molecule has 2 aromatic rings. The zero-order valence-electron chi connectivity index (χ0n) is 11.6. The molecule has 1 aromatic carbocycles. The van der Waals surface area contributed by atoms with Crippen molar-refractivity contribution in [3.05, 3.63) is 63.6 Å². The first-order valence-electron chi connectivity index (χ1n) is 6.54. The lowest BCUT2D eigenvalue weighted by atomic mass is 10.2. The summed E-state index contributed by atoms with van der Waals surface area (Å²) < 4.78 is 11.1. The van der Waals surface area contributed by atoms with Crippen molar-refractivity contribution >= 4 is 40.5 Å². The number of nitrogens with one attached hydrogen (secondary N) is 1. The molecule has 114 valence electrons. The molecule has 5 nitrogen and oxygen atoms in total. The molecule has 6 heteroatoms. The van der Waals surface area contributed by atoms with E-state index in [1.807, 2.05) is 52.9 Å². The Morgan fingerprint density at radius 2 is 1.95 bits per heavy atom. The van der Waals surface area contributed by atoms with Crippen molar-refractivity contribution < 1.29 is 18.7 Å². The summed E-state index contributed by atoms with van der Waals surface area (Å²) in [5.41, 5.74) is 0.898. The number of ether oxygens (including phenoxy) is 1. The first-order chi connectivity index (χ1) is 10.6. The lowest BCUT2D eigenvalue weighted by molar-refractivity contribution is -0.144. The monoisotopic (exact) mass is 411 g/mol. The van der Waals surface area contributed by atoms with Gasteiger partial charge in [-0.1, -0.05) is 30.3 Å². The van der Waals surface area contributed by atoms with Crippen molar-refractivity contribution in [3.8, 4) is 0 Å². The van der Waals surface area contributed by atoms with Crippen molar-refractivity contribution in [2.45, 2.75) is 6.61 Å². The highest BCUT2D eigenvalue weighted by molar-refractivity contribution is 14.1. The SMILES string of the molecule is O=C(/C=C/c1ccc(I)o1)NCC(=O)OCc1ccccc1. The molecule has 0 atom stereocenters. The van der Waals surface area contributed by atoms with Gasteiger partial charge in [0.05, 0.1) is 0 Å². The normalized spacial score (nSPS) is 10.6. The molecule has 0 aliphatic heterocycles. The largest absolute Gasteiger partial charge is 0.460 e. The summed E-state index contributed by atoms with van der Waals surface area (Å²) in [6.07, 6.45) is 2.84. The number of carbonyl (C=O) groups excluding carboxylic acids is 2. The standard InChI is InChI=1S/C16H14INO4/c17-14-8-6-13(22-14)7-9-15(19)18-10-16(20)21-11-12-4-2-1-3-5-12/h1-9H,10-11H2,(H,18,19)/b9-7+. The van der Waals surface area contributed by atoms with Gasteiger partial charge in [0.2, 0.25) is 5.91 Å². The topological polar surface area (TPSA) is 68.5 Å². The Labute approximate surface area is 141 Å². The highest BCUT2D eigenvalue weighted by Gasteiger charge is 2.05. The number of furan rings is 1. The maximum Gasteiger partial charge on any atom is 0.325 e. The first kappa shape index (κ1) is 16.3. The van der Waals surface area contributed by atoms with Crippen molar-refractivity contribution in [1.29, 1.82) is 0 Å². The number of hydrogen-bond donors (Lipinski definition) is 1. The number of benzene rings is 1. The quantitative estimate of drug-likeness (QED) is 0.451. The van der Waals surface area contributed by atoms with Gasteiger partial charge in [-0.2, -0.15) is 0 Å². The number of hydrogen-bond acceptors (Lipinski definition) is 4. The van der Waals surface area contributed by atoms with Crippen LogP contribution in [0.2, 0.25) is 0 Å².